The normalized spacial score (nSPS) is 12.0. The van der Waals surface area contributed by atoms with Crippen molar-refractivity contribution in [3.05, 3.63) is 64.1 Å². The highest BCUT2D eigenvalue weighted by molar-refractivity contribution is 7.99. The van der Waals surface area contributed by atoms with Gasteiger partial charge in [-0.25, -0.2) is 0 Å². The summed E-state index contributed by atoms with van der Waals surface area (Å²) < 4.78 is 1.60. The molecule has 0 fully saturated rings. The number of aromatic nitrogens is 4. The monoisotopic (exact) mass is 407 g/mol. The fourth-order valence-corrected chi connectivity index (χ4v) is 3.29. The summed E-state index contributed by atoms with van der Waals surface area (Å²) in [6, 6.07) is 14.6. The molecule has 0 radical (unpaired) electrons. The Balaban J connectivity index is 1.60. The van der Waals surface area contributed by atoms with Crippen LogP contribution < -0.4 is 5.32 Å². The smallest absolute Gasteiger partial charge is 0.230 e. The Morgan fingerprint density at radius 3 is 2.69 bits per heavy atom. The van der Waals surface area contributed by atoms with E-state index < -0.39 is 0 Å². The fraction of sp³-hybridized carbons (Fsp3) is 0.176. The van der Waals surface area contributed by atoms with Gasteiger partial charge < -0.3 is 5.32 Å². The summed E-state index contributed by atoms with van der Waals surface area (Å²) in [6.07, 6.45) is 0. The highest BCUT2D eigenvalue weighted by Crippen LogP contribution is 2.25. The van der Waals surface area contributed by atoms with E-state index in [0.29, 0.717) is 15.2 Å². The first-order valence-electron chi connectivity index (χ1n) is 7.75. The van der Waals surface area contributed by atoms with E-state index in [4.69, 9.17) is 23.2 Å². The second kappa shape index (κ2) is 8.53. The average molecular weight is 408 g/mol. The molecular weight excluding hydrogens is 393 g/mol. The van der Waals surface area contributed by atoms with E-state index in [0.717, 1.165) is 11.3 Å². The van der Waals surface area contributed by atoms with Crippen LogP contribution in [0.5, 0.6) is 0 Å². The second-order valence-corrected chi connectivity index (χ2v) is 7.22. The Morgan fingerprint density at radius 1 is 1.19 bits per heavy atom. The van der Waals surface area contributed by atoms with Crippen molar-refractivity contribution in [1.82, 2.24) is 25.5 Å². The maximum atomic E-state index is 12.3. The minimum absolute atomic E-state index is 0.129. The van der Waals surface area contributed by atoms with E-state index in [1.807, 2.05) is 43.3 Å². The van der Waals surface area contributed by atoms with Crippen LogP contribution in [0.2, 0.25) is 10.0 Å². The number of rotatable bonds is 6. The van der Waals surface area contributed by atoms with E-state index in [9.17, 15) is 4.79 Å². The lowest BCUT2D eigenvalue weighted by molar-refractivity contribution is -0.119. The van der Waals surface area contributed by atoms with Crippen LogP contribution in [-0.4, -0.2) is 31.9 Å². The second-order valence-electron chi connectivity index (χ2n) is 5.46. The topological polar surface area (TPSA) is 72.7 Å². The SMILES string of the molecule is C[C@@H](NC(=O)CSc1nnnn1-c1ccccc1)c1ccc(Cl)c(Cl)c1. The zero-order valence-corrected chi connectivity index (χ0v) is 16.1. The predicted octanol–water partition coefficient (Wildman–Crippen LogP) is 3.94. The van der Waals surface area contributed by atoms with Crippen molar-refractivity contribution < 1.29 is 4.79 Å². The van der Waals surface area contributed by atoms with Gasteiger partial charge in [-0.05, 0) is 47.2 Å². The summed E-state index contributed by atoms with van der Waals surface area (Å²) in [4.78, 5) is 12.3. The van der Waals surface area contributed by atoms with Crippen LogP contribution in [0, 0.1) is 0 Å². The van der Waals surface area contributed by atoms with E-state index >= 15 is 0 Å². The first-order valence-corrected chi connectivity index (χ1v) is 9.49. The Labute approximate surface area is 164 Å². The Bertz CT molecular complexity index is 903. The van der Waals surface area contributed by atoms with Crippen LogP contribution in [0.1, 0.15) is 18.5 Å². The summed E-state index contributed by atoms with van der Waals surface area (Å²) in [5, 5.41) is 16.0. The van der Waals surface area contributed by atoms with Crippen molar-refractivity contribution in [2.45, 2.75) is 18.1 Å². The zero-order chi connectivity index (χ0) is 18.5. The number of tetrazole rings is 1. The van der Waals surface area contributed by atoms with Gasteiger partial charge in [0.1, 0.15) is 0 Å². The molecule has 1 heterocycles. The highest BCUT2D eigenvalue weighted by Gasteiger charge is 2.14. The molecule has 0 aliphatic carbocycles. The molecule has 1 N–H and O–H groups in total. The van der Waals surface area contributed by atoms with Crippen LogP contribution in [0.15, 0.2) is 53.7 Å². The van der Waals surface area contributed by atoms with Gasteiger partial charge in [-0.2, -0.15) is 4.68 Å². The largest absolute Gasteiger partial charge is 0.349 e. The van der Waals surface area contributed by atoms with E-state index in [2.05, 4.69) is 20.8 Å². The number of hydrogen-bond donors (Lipinski definition) is 1. The lowest BCUT2D eigenvalue weighted by Crippen LogP contribution is -2.28. The Hall–Kier alpha value is -2.09. The number of thioether (sulfide) groups is 1. The first kappa shape index (κ1) is 18.7. The van der Waals surface area contributed by atoms with Crippen molar-refractivity contribution in [2.24, 2.45) is 0 Å². The molecule has 1 atom stereocenters. The predicted molar refractivity (Wildman–Crippen MR) is 103 cm³/mol. The maximum Gasteiger partial charge on any atom is 0.230 e. The quantitative estimate of drug-likeness (QED) is 0.626. The molecule has 134 valence electrons. The minimum atomic E-state index is -0.192. The molecule has 0 saturated heterocycles. The number of hydrogen-bond acceptors (Lipinski definition) is 5. The molecule has 0 aliphatic heterocycles. The van der Waals surface area contributed by atoms with Gasteiger partial charge in [0, 0.05) is 0 Å². The zero-order valence-electron chi connectivity index (χ0n) is 13.8. The number of para-hydroxylation sites is 1. The van der Waals surface area contributed by atoms with Crippen molar-refractivity contribution in [3.63, 3.8) is 0 Å². The number of carbonyl (C=O) groups excluding carboxylic acids is 1. The first-order chi connectivity index (χ1) is 12.5. The molecule has 3 aromatic rings. The van der Waals surface area contributed by atoms with Crippen molar-refractivity contribution in [1.29, 1.82) is 0 Å². The molecule has 0 aliphatic rings. The van der Waals surface area contributed by atoms with E-state index in [-0.39, 0.29) is 17.7 Å². The number of nitrogens with zero attached hydrogens (tertiary/aromatic N) is 4. The van der Waals surface area contributed by atoms with Gasteiger partial charge in [0.25, 0.3) is 0 Å². The molecular formula is C17H15Cl2N5OS. The number of benzene rings is 2. The van der Waals surface area contributed by atoms with Crippen molar-refractivity contribution in [3.8, 4) is 5.69 Å². The summed E-state index contributed by atoms with van der Waals surface area (Å²) in [6.45, 7) is 1.89. The maximum absolute atomic E-state index is 12.3. The van der Waals surface area contributed by atoms with Crippen LogP contribution in [0.3, 0.4) is 0 Å². The summed E-state index contributed by atoms with van der Waals surface area (Å²) in [5.74, 6) is 0.0648. The van der Waals surface area contributed by atoms with E-state index in [1.165, 1.54) is 11.8 Å². The number of nitrogens with one attached hydrogen (secondary N) is 1. The molecule has 0 spiro atoms. The van der Waals surface area contributed by atoms with Gasteiger partial charge >= 0.3 is 0 Å². The molecule has 0 saturated carbocycles. The lowest BCUT2D eigenvalue weighted by atomic mass is 10.1. The summed E-state index contributed by atoms with van der Waals surface area (Å²) in [7, 11) is 0. The fourth-order valence-electron chi connectivity index (χ4n) is 2.28. The molecule has 1 amide bonds. The Kier molecular flexibility index (Phi) is 6.13. The average Bonchev–Trinajstić information content (AvgIpc) is 3.11. The van der Waals surface area contributed by atoms with Gasteiger partial charge in [0.15, 0.2) is 0 Å². The van der Waals surface area contributed by atoms with Gasteiger partial charge in [-0.15, -0.1) is 5.10 Å². The summed E-state index contributed by atoms with van der Waals surface area (Å²) >= 11 is 13.2. The molecule has 1 aromatic heterocycles. The lowest BCUT2D eigenvalue weighted by Gasteiger charge is -2.14. The molecule has 2 aromatic carbocycles. The number of carbonyl (C=O) groups is 1. The van der Waals surface area contributed by atoms with Gasteiger partial charge in [0.2, 0.25) is 11.1 Å². The van der Waals surface area contributed by atoms with Gasteiger partial charge in [-0.3, -0.25) is 4.79 Å². The van der Waals surface area contributed by atoms with Gasteiger partial charge in [-0.1, -0.05) is 59.2 Å². The van der Waals surface area contributed by atoms with E-state index in [1.54, 1.807) is 16.8 Å². The third kappa shape index (κ3) is 4.55. The van der Waals surface area contributed by atoms with Crippen molar-refractivity contribution >= 4 is 40.9 Å². The minimum Gasteiger partial charge on any atom is -0.349 e. The van der Waals surface area contributed by atoms with Crippen molar-refractivity contribution in [2.75, 3.05) is 5.75 Å². The summed E-state index contributed by atoms with van der Waals surface area (Å²) in [5.41, 5.74) is 1.72. The molecule has 6 nitrogen and oxygen atoms in total. The molecule has 0 unspecified atom stereocenters. The van der Waals surface area contributed by atoms with Crippen LogP contribution in [-0.2, 0) is 4.79 Å². The Morgan fingerprint density at radius 2 is 1.96 bits per heavy atom. The number of halogens is 2. The standard InChI is InChI=1S/C17H15Cl2N5OS/c1-11(12-7-8-14(18)15(19)9-12)20-16(25)10-26-17-21-22-23-24(17)13-5-3-2-4-6-13/h2-9,11H,10H2,1H3,(H,20,25)/t11-/m1/s1. The van der Waals surface area contributed by atoms with Crippen LogP contribution in [0.25, 0.3) is 5.69 Å². The van der Waals surface area contributed by atoms with Crippen LogP contribution >= 0.6 is 35.0 Å². The number of amides is 1. The third-order valence-corrected chi connectivity index (χ3v) is 5.25. The third-order valence-electron chi connectivity index (χ3n) is 3.60. The van der Waals surface area contributed by atoms with Crippen LogP contribution in [0.4, 0.5) is 0 Å². The molecule has 0 bridgehead atoms. The molecule has 9 heteroatoms. The molecule has 3 rings (SSSR count). The molecule has 26 heavy (non-hydrogen) atoms. The van der Waals surface area contributed by atoms with Gasteiger partial charge in [0.05, 0.1) is 27.5 Å². The highest BCUT2D eigenvalue weighted by atomic mass is 35.5.